The van der Waals surface area contributed by atoms with Crippen molar-refractivity contribution < 1.29 is 14.4 Å². The van der Waals surface area contributed by atoms with E-state index in [9.17, 15) is 14.4 Å². The predicted molar refractivity (Wildman–Crippen MR) is 75.6 cm³/mol. The average Bonchev–Trinajstić information content (AvgIpc) is 2.89. The summed E-state index contributed by atoms with van der Waals surface area (Å²) in [7, 11) is 0. The van der Waals surface area contributed by atoms with Crippen molar-refractivity contribution in [1.29, 1.82) is 0 Å². The maximum atomic E-state index is 12.4. The van der Waals surface area contributed by atoms with E-state index < -0.39 is 23.5 Å². The third kappa shape index (κ3) is 2.30. The molecule has 1 aromatic heterocycles. The fourth-order valence-corrected chi connectivity index (χ4v) is 2.95. The van der Waals surface area contributed by atoms with Crippen LogP contribution in [-0.2, 0) is 9.59 Å². The zero-order valence-corrected chi connectivity index (χ0v) is 12.4. The molecule has 8 heteroatoms. The highest BCUT2D eigenvalue weighted by molar-refractivity contribution is 6.01. The van der Waals surface area contributed by atoms with Gasteiger partial charge in [-0.05, 0) is 20.3 Å². The standard InChI is InChI=1S/C14H17N5O3/c1-14(2)13(22)19-6-3-8(10(19)12(21)18-14)17-11(20)9-7-15-4-5-16-9/h4-5,7-8,10H,3,6H2,1-2H3,(H,17,20)(H,18,21). The van der Waals surface area contributed by atoms with Gasteiger partial charge in [0.15, 0.2) is 0 Å². The van der Waals surface area contributed by atoms with Crippen LogP contribution in [0.25, 0.3) is 0 Å². The number of aromatic nitrogens is 2. The Hall–Kier alpha value is -2.51. The summed E-state index contributed by atoms with van der Waals surface area (Å²) in [6.45, 7) is 3.80. The van der Waals surface area contributed by atoms with Crippen molar-refractivity contribution in [1.82, 2.24) is 25.5 Å². The monoisotopic (exact) mass is 303 g/mol. The predicted octanol–water partition coefficient (Wildman–Crippen LogP) is -0.916. The Bertz CT molecular complexity index is 631. The zero-order valence-electron chi connectivity index (χ0n) is 12.4. The van der Waals surface area contributed by atoms with Gasteiger partial charge < -0.3 is 15.5 Å². The second-order valence-electron chi connectivity index (χ2n) is 6.02. The van der Waals surface area contributed by atoms with Crippen molar-refractivity contribution in [3.8, 4) is 0 Å². The first-order valence-electron chi connectivity index (χ1n) is 7.10. The summed E-state index contributed by atoms with van der Waals surface area (Å²) >= 11 is 0. The average molecular weight is 303 g/mol. The van der Waals surface area contributed by atoms with Crippen molar-refractivity contribution in [2.75, 3.05) is 6.54 Å². The van der Waals surface area contributed by atoms with Crippen LogP contribution in [0, 0.1) is 0 Å². The SMILES string of the molecule is CC1(C)NC(=O)C2C(NC(=O)c3cnccn3)CCN2C1=O. The summed E-state index contributed by atoms with van der Waals surface area (Å²) in [6, 6.07) is -1.09. The largest absolute Gasteiger partial charge is 0.345 e. The molecule has 2 aliphatic heterocycles. The Labute approximate surface area is 127 Å². The molecule has 2 aliphatic rings. The van der Waals surface area contributed by atoms with Gasteiger partial charge in [-0.25, -0.2) is 4.98 Å². The number of fused-ring (bicyclic) bond motifs is 1. The van der Waals surface area contributed by atoms with Crippen LogP contribution in [0.5, 0.6) is 0 Å². The molecule has 0 saturated carbocycles. The van der Waals surface area contributed by atoms with Crippen LogP contribution in [0.2, 0.25) is 0 Å². The number of carbonyl (C=O) groups is 3. The van der Waals surface area contributed by atoms with Crippen LogP contribution in [-0.4, -0.2) is 56.8 Å². The van der Waals surface area contributed by atoms with E-state index in [0.29, 0.717) is 13.0 Å². The highest BCUT2D eigenvalue weighted by Crippen LogP contribution is 2.26. The molecule has 0 spiro atoms. The first-order valence-corrected chi connectivity index (χ1v) is 7.10. The van der Waals surface area contributed by atoms with Crippen LogP contribution in [0.1, 0.15) is 30.8 Å². The second kappa shape index (κ2) is 5.04. The van der Waals surface area contributed by atoms with Crippen LogP contribution in [0.4, 0.5) is 0 Å². The maximum absolute atomic E-state index is 12.4. The number of piperazine rings is 1. The zero-order chi connectivity index (χ0) is 15.9. The molecule has 3 rings (SSSR count). The molecule has 116 valence electrons. The van der Waals surface area contributed by atoms with Gasteiger partial charge in [0.1, 0.15) is 17.3 Å². The summed E-state index contributed by atoms with van der Waals surface area (Å²) in [5.74, 6) is -0.773. The van der Waals surface area contributed by atoms with E-state index >= 15 is 0 Å². The molecule has 8 nitrogen and oxygen atoms in total. The van der Waals surface area contributed by atoms with Crippen molar-refractivity contribution in [3.63, 3.8) is 0 Å². The highest BCUT2D eigenvalue weighted by Gasteiger charge is 2.51. The summed E-state index contributed by atoms with van der Waals surface area (Å²) in [6.07, 6.45) is 4.79. The van der Waals surface area contributed by atoms with Crippen LogP contribution in [0.15, 0.2) is 18.6 Å². The lowest BCUT2D eigenvalue weighted by atomic mass is 9.96. The van der Waals surface area contributed by atoms with Gasteiger partial charge in [-0.15, -0.1) is 0 Å². The molecule has 2 atom stereocenters. The topological polar surface area (TPSA) is 104 Å². The molecule has 3 heterocycles. The van der Waals surface area contributed by atoms with Gasteiger partial charge in [0.05, 0.1) is 12.2 Å². The first-order chi connectivity index (χ1) is 10.4. The Kier molecular flexibility index (Phi) is 3.31. The van der Waals surface area contributed by atoms with E-state index in [1.165, 1.54) is 18.6 Å². The Morgan fingerprint density at radius 3 is 2.86 bits per heavy atom. The number of carbonyl (C=O) groups excluding carboxylic acids is 3. The fourth-order valence-electron chi connectivity index (χ4n) is 2.95. The van der Waals surface area contributed by atoms with Gasteiger partial charge >= 0.3 is 0 Å². The van der Waals surface area contributed by atoms with Gasteiger partial charge in [0, 0.05) is 18.9 Å². The molecule has 2 saturated heterocycles. The molecule has 1 aromatic rings. The Morgan fingerprint density at radius 2 is 2.18 bits per heavy atom. The molecule has 2 N–H and O–H groups in total. The van der Waals surface area contributed by atoms with Gasteiger partial charge in [0.25, 0.3) is 5.91 Å². The van der Waals surface area contributed by atoms with E-state index in [4.69, 9.17) is 0 Å². The normalized spacial score (nSPS) is 26.4. The van der Waals surface area contributed by atoms with E-state index in [1.807, 2.05) is 0 Å². The lowest BCUT2D eigenvalue weighted by Gasteiger charge is -2.40. The number of hydrogen-bond donors (Lipinski definition) is 2. The quantitative estimate of drug-likeness (QED) is 0.735. The third-order valence-corrected chi connectivity index (χ3v) is 4.01. The van der Waals surface area contributed by atoms with Crippen molar-refractivity contribution in [2.24, 2.45) is 0 Å². The highest BCUT2D eigenvalue weighted by atomic mass is 16.2. The second-order valence-corrected chi connectivity index (χ2v) is 6.02. The third-order valence-electron chi connectivity index (χ3n) is 4.01. The van der Waals surface area contributed by atoms with Crippen LogP contribution >= 0.6 is 0 Å². The molecule has 2 fully saturated rings. The molecule has 0 radical (unpaired) electrons. The molecular formula is C14H17N5O3. The fraction of sp³-hybridized carbons (Fsp3) is 0.500. The van der Waals surface area contributed by atoms with Gasteiger partial charge in [-0.1, -0.05) is 0 Å². The van der Waals surface area contributed by atoms with E-state index in [1.54, 1.807) is 18.7 Å². The summed E-state index contributed by atoms with van der Waals surface area (Å²) < 4.78 is 0. The minimum absolute atomic E-state index is 0.131. The van der Waals surface area contributed by atoms with Gasteiger partial charge in [-0.3, -0.25) is 19.4 Å². The molecule has 2 unspecified atom stereocenters. The maximum Gasteiger partial charge on any atom is 0.271 e. The number of nitrogens with zero attached hydrogens (tertiary/aromatic N) is 3. The van der Waals surface area contributed by atoms with E-state index in [2.05, 4.69) is 20.6 Å². The van der Waals surface area contributed by atoms with Crippen molar-refractivity contribution in [3.05, 3.63) is 24.3 Å². The van der Waals surface area contributed by atoms with Gasteiger partial charge in [0.2, 0.25) is 11.8 Å². The molecule has 3 amide bonds. The van der Waals surface area contributed by atoms with Gasteiger partial charge in [-0.2, -0.15) is 0 Å². The minimum atomic E-state index is -0.905. The number of amides is 3. The van der Waals surface area contributed by atoms with Crippen LogP contribution < -0.4 is 10.6 Å². The molecular weight excluding hydrogens is 286 g/mol. The first kappa shape index (κ1) is 14.4. The Morgan fingerprint density at radius 1 is 1.41 bits per heavy atom. The summed E-state index contributed by atoms with van der Waals surface area (Å²) in [5.41, 5.74) is -0.721. The lowest BCUT2D eigenvalue weighted by molar-refractivity contribution is -0.151. The Balaban J connectivity index is 1.76. The molecule has 0 aromatic carbocycles. The number of nitrogens with one attached hydrogen (secondary N) is 2. The summed E-state index contributed by atoms with van der Waals surface area (Å²) in [5, 5.41) is 5.49. The molecule has 0 bridgehead atoms. The smallest absolute Gasteiger partial charge is 0.271 e. The lowest BCUT2D eigenvalue weighted by Crippen LogP contribution is -2.69. The number of rotatable bonds is 2. The molecule has 0 aliphatic carbocycles. The van der Waals surface area contributed by atoms with Crippen LogP contribution in [0.3, 0.4) is 0 Å². The van der Waals surface area contributed by atoms with Crippen molar-refractivity contribution in [2.45, 2.75) is 37.9 Å². The van der Waals surface area contributed by atoms with E-state index in [0.717, 1.165) is 0 Å². The van der Waals surface area contributed by atoms with E-state index in [-0.39, 0.29) is 17.5 Å². The number of hydrogen-bond acceptors (Lipinski definition) is 5. The molecule has 22 heavy (non-hydrogen) atoms. The summed E-state index contributed by atoms with van der Waals surface area (Å²) in [4.78, 5) is 46.1. The van der Waals surface area contributed by atoms with Crippen molar-refractivity contribution >= 4 is 17.7 Å². The minimum Gasteiger partial charge on any atom is -0.345 e.